The molecule has 0 aromatic heterocycles. The summed E-state index contributed by atoms with van der Waals surface area (Å²) in [6.45, 7) is 16.6. The molecule has 1 unspecified atom stereocenters. The van der Waals surface area contributed by atoms with Crippen molar-refractivity contribution in [3.63, 3.8) is 0 Å². The van der Waals surface area contributed by atoms with Crippen LogP contribution in [-0.4, -0.2) is 63.2 Å². The summed E-state index contributed by atoms with van der Waals surface area (Å²) in [5.41, 5.74) is 0.398. The van der Waals surface area contributed by atoms with Gasteiger partial charge >= 0.3 is 0 Å². The van der Waals surface area contributed by atoms with Gasteiger partial charge in [-0.15, -0.1) is 0 Å². The van der Waals surface area contributed by atoms with E-state index in [9.17, 15) is 0 Å². The van der Waals surface area contributed by atoms with Crippen LogP contribution in [0.4, 0.5) is 0 Å². The average molecular weight is 298 g/mol. The number of rotatable bonds is 9. The van der Waals surface area contributed by atoms with Crippen molar-refractivity contribution < 1.29 is 0 Å². The van der Waals surface area contributed by atoms with Gasteiger partial charge in [0.05, 0.1) is 0 Å². The van der Waals surface area contributed by atoms with E-state index in [4.69, 9.17) is 0 Å². The highest BCUT2D eigenvalue weighted by Gasteiger charge is 2.25. The lowest BCUT2D eigenvalue weighted by molar-refractivity contribution is 0.133. The third-order valence-electron chi connectivity index (χ3n) is 5.02. The molecule has 0 aromatic carbocycles. The highest BCUT2D eigenvalue weighted by atomic mass is 15.1. The zero-order chi connectivity index (χ0) is 15.9. The van der Waals surface area contributed by atoms with Gasteiger partial charge in [0.2, 0.25) is 0 Å². The number of hydrogen-bond donors (Lipinski definition) is 1. The van der Waals surface area contributed by atoms with Crippen LogP contribution in [0, 0.1) is 17.3 Å². The molecule has 126 valence electrons. The first-order valence-electron chi connectivity index (χ1n) is 8.92. The molecule has 21 heavy (non-hydrogen) atoms. The number of hydrogen-bond acceptors (Lipinski definition) is 3. The zero-order valence-electron chi connectivity index (χ0n) is 15.4. The number of nitrogens with one attached hydrogen (secondary N) is 1. The van der Waals surface area contributed by atoms with Crippen LogP contribution < -0.4 is 5.32 Å². The molecule has 1 aliphatic heterocycles. The van der Waals surface area contributed by atoms with E-state index >= 15 is 0 Å². The van der Waals surface area contributed by atoms with Crippen LogP contribution >= 0.6 is 0 Å². The Balaban J connectivity index is 2.33. The van der Waals surface area contributed by atoms with Crippen molar-refractivity contribution in [3.8, 4) is 0 Å². The molecule has 0 aliphatic carbocycles. The Morgan fingerprint density at radius 1 is 1.29 bits per heavy atom. The maximum absolute atomic E-state index is 3.66. The van der Waals surface area contributed by atoms with Gasteiger partial charge in [0.1, 0.15) is 0 Å². The second kappa shape index (κ2) is 9.12. The van der Waals surface area contributed by atoms with Crippen LogP contribution in [0.15, 0.2) is 0 Å². The standard InChI is InChI=1S/C18H39N3/c1-7-18(4,14-19-12-16(2)3)15-21(6)13-17-8-10-20(5)11-9-17/h16-17,19H,7-15H2,1-6H3. The van der Waals surface area contributed by atoms with E-state index in [1.54, 1.807) is 0 Å². The Kier molecular flexibility index (Phi) is 8.22. The van der Waals surface area contributed by atoms with E-state index in [-0.39, 0.29) is 0 Å². The van der Waals surface area contributed by atoms with Crippen molar-refractivity contribution in [1.82, 2.24) is 15.1 Å². The molecule has 0 aromatic rings. The third kappa shape index (κ3) is 7.62. The lowest BCUT2D eigenvalue weighted by atomic mass is 9.86. The van der Waals surface area contributed by atoms with Gasteiger partial charge in [0, 0.05) is 19.6 Å². The van der Waals surface area contributed by atoms with Crippen LogP contribution in [0.3, 0.4) is 0 Å². The van der Waals surface area contributed by atoms with Crippen LogP contribution in [0.25, 0.3) is 0 Å². The predicted molar refractivity (Wildman–Crippen MR) is 93.8 cm³/mol. The largest absolute Gasteiger partial charge is 0.316 e. The van der Waals surface area contributed by atoms with Crippen molar-refractivity contribution in [3.05, 3.63) is 0 Å². The van der Waals surface area contributed by atoms with E-state index in [0.717, 1.165) is 24.9 Å². The lowest BCUT2D eigenvalue weighted by Crippen LogP contribution is -2.44. The molecular formula is C18H39N3. The maximum atomic E-state index is 3.66. The SMILES string of the molecule is CCC(C)(CNCC(C)C)CN(C)CC1CCN(C)CC1. The summed E-state index contributed by atoms with van der Waals surface area (Å²) in [6, 6.07) is 0. The Morgan fingerprint density at radius 3 is 2.43 bits per heavy atom. The molecule has 0 saturated carbocycles. The molecule has 1 atom stereocenters. The first-order chi connectivity index (χ1) is 9.84. The molecule has 1 aliphatic rings. The molecular weight excluding hydrogens is 258 g/mol. The number of piperidine rings is 1. The van der Waals surface area contributed by atoms with Gasteiger partial charge in [-0.05, 0) is 70.2 Å². The summed E-state index contributed by atoms with van der Waals surface area (Å²) >= 11 is 0. The fourth-order valence-electron chi connectivity index (χ4n) is 3.36. The van der Waals surface area contributed by atoms with Crippen LogP contribution in [0.2, 0.25) is 0 Å². The highest BCUT2D eigenvalue weighted by molar-refractivity contribution is 4.81. The average Bonchev–Trinajstić information content (AvgIpc) is 2.41. The predicted octanol–water partition coefficient (Wildman–Crippen LogP) is 2.92. The molecule has 0 bridgehead atoms. The molecule has 1 N–H and O–H groups in total. The quantitative estimate of drug-likeness (QED) is 0.706. The molecule has 0 amide bonds. The molecule has 3 heteroatoms. The van der Waals surface area contributed by atoms with E-state index in [0.29, 0.717) is 5.41 Å². The van der Waals surface area contributed by atoms with Crippen LogP contribution in [-0.2, 0) is 0 Å². The first-order valence-corrected chi connectivity index (χ1v) is 8.92. The van der Waals surface area contributed by atoms with E-state index in [1.165, 1.54) is 45.4 Å². The first kappa shape index (κ1) is 18.9. The van der Waals surface area contributed by atoms with Crippen molar-refractivity contribution in [2.45, 2.75) is 47.0 Å². The van der Waals surface area contributed by atoms with Crippen molar-refractivity contribution in [2.75, 3.05) is 53.4 Å². The van der Waals surface area contributed by atoms with Gasteiger partial charge < -0.3 is 15.1 Å². The van der Waals surface area contributed by atoms with E-state index in [1.807, 2.05) is 0 Å². The van der Waals surface area contributed by atoms with Gasteiger partial charge in [-0.25, -0.2) is 0 Å². The van der Waals surface area contributed by atoms with E-state index < -0.39 is 0 Å². The minimum atomic E-state index is 0.398. The fraction of sp³-hybridized carbons (Fsp3) is 1.00. The third-order valence-corrected chi connectivity index (χ3v) is 5.02. The zero-order valence-corrected chi connectivity index (χ0v) is 15.4. The number of likely N-dealkylation sites (tertiary alicyclic amines) is 1. The second-order valence-electron chi connectivity index (χ2n) is 8.13. The Morgan fingerprint density at radius 2 is 1.90 bits per heavy atom. The monoisotopic (exact) mass is 297 g/mol. The molecule has 0 spiro atoms. The topological polar surface area (TPSA) is 18.5 Å². The van der Waals surface area contributed by atoms with Gasteiger partial charge in [0.25, 0.3) is 0 Å². The van der Waals surface area contributed by atoms with Crippen molar-refractivity contribution in [1.29, 1.82) is 0 Å². The molecule has 3 nitrogen and oxygen atoms in total. The van der Waals surface area contributed by atoms with Gasteiger partial charge in [0.15, 0.2) is 0 Å². The van der Waals surface area contributed by atoms with Gasteiger partial charge in [-0.3, -0.25) is 0 Å². The fourth-order valence-corrected chi connectivity index (χ4v) is 3.36. The molecule has 1 heterocycles. The minimum Gasteiger partial charge on any atom is -0.316 e. The summed E-state index contributed by atoms with van der Waals surface area (Å²) in [4.78, 5) is 5.04. The molecule has 0 radical (unpaired) electrons. The Bertz CT molecular complexity index is 272. The Hall–Kier alpha value is -0.120. The van der Waals surface area contributed by atoms with Crippen molar-refractivity contribution >= 4 is 0 Å². The molecule has 1 rings (SSSR count). The summed E-state index contributed by atoms with van der Waals surface area (Å²) in [5, 5.41) is 3.66. The summed E-state index contributed by atoms with van der Waals surface area (Å²) < 4.78 is 0. The maximum Gasteiger partial charge on any atom is 0.00444 e. The second-order valence-corrected chi connectivity index (χ2v) is 8.13. The molecule has 1 saturated heterocycles. The summed E-state index contributed by atoms with van der Waals surface area (Å²) in [7, 11) is 4.56. The minimum absolute atomic E-state index is 0.398. The van der Waals surface area contributed by atoms with Crippen molar-refractivity contribution in [2.24, 2.45) is 17.3 Å². The Labute approximate surface area is 133 Å². The molecule has 1 fully saturated rings. The van der Waals surface area contributed by atoms with Crippen LogP contribution in [0.5, 0.6) is 0 Å². The highest BCUT2D eigenvalue weighted by Crippen LogP contribution is 2.23. The smallest absolute Gasteiger partial charge is 0.00444 e. The van der Waals surface area contributed by atoms with Gasteiger partial charge in [-0.2, -0.15) is 0 Å². The van der Waals surface area contributed by atoms with E-state index in [2.05, 4.69) is 56.9 Å². The van der Waals surface area contributed by atoms with Gasteiger partial charge in [-0.1, -0.05) is 27.7 Å². The normalized spacial score (nSPS) is 21.1. The summed E-state index contributed by atoms with van der Waals surface area (Å²) in [5.74, 6) is 1.64. The number of nitrogens with zero attached hydrogens (tertiary/aromatic N) is 2. The lowest BCUT2D eigenvalue weighted by Gasteiger charge is -2.37. The summed E-state index contributed by atoms with van der Waals surface area (Å²) in [6.07, 6.45) is 3.99. The van der Waals surface area contributed by atoms with Crippen LogP contribution in [0.1, 0.15) is 47.0 Å².